The summed E-state index contributed by atoms with van der Waals surface area (Å²) in [6.45, 7) is 2.53. The highest BCUT2D eigenvalue weighted by atomic mass is 16.5. The molecule has 2 aliphatic rings. The molecule has 0 bridgehead atoms. The molecule has 2 aromatic carbocycles. The lowest BCUT2D eigenvalue weighted by atomic mass is 9.86. The number of carbonyl (C=O) groups is 2. The van der Waals surface area contributed by atoms with E-state index in [1.807, 2.05) is 43.3 Å². The molecule has 0 aliphatic carbocycles. The third kappa shape index (κ3) is 2.95. The Kier molecular flexibility index (Phi) is 4.61. The molecule has 1 fully saturated rings. The summed E-state index contributed by atoms with van der Waals surface area (Å²) in [7, 11) is 3.29. The first-order valence-electron chi connectivity index (χ1n) is 10.5. The fourth-order valence-corrected chi connectivity index (χ4v) is 4.88. The molecule has 0 radical (unpaired) electrons. The van der Waals surface area contributed by atoms with E-state index >= 15 is 0 Å². The van der Waals surface area contributed by atoms with Crippen molar-refractivity contribution in [2.24, 2.45) is 0 Å². The van der Waals surface area contributed by atoms with Gasteiger partial charge in [0.25, 0.3) is 0 Å². The number of benzene rings is 2. The summed E-state index contributed by atoms with van der Waals surface area (Å²) in [6.07, 6.45) is 0.499. The van der Waals surface area contributed by atoms with Crippen LogP contribution in [0.2, 0.25) is 0 Å². The Morgan fingerprint density at radius 2 is 1.94 bits per heavy atom. The van der Waals surface area contributed by atoms with E-state index in [9.17, 15) is 9.59 Å². The number of amides is 2. The first-order chi connectivity index (χ1) is 15.0. The van der Waals surface area contributed by atoms with Crippen LogP contribution < -0.4 is 9.47 Å². The van der Waals surface area contributed by atoms with Gasteiger partial charge in [0.2, 0.25) is 11.8 Å². The lowest BCUT2D eigenvalue weighted by Gasteiger charge is -2.46. The van der Waals surface area contributed by atoms with E-state index in [4.69, 9.17) is 9.47 Å². The second kappa shape index (κ2) is 7.34. The number of hydrogen-bond donors (Lipinski definition) is 1. The Labute approximate surface area is 180 Å². The molecule has 7 nitrogen and oxygen atoms in total. The van der Waals surface area contributed by atoms with Gasteiger partial charge in [-0.15, -0.1) is 0 Å². The molecule has 3 aromatic rings. The van der Waals surface area contributed by atoms with E-state index in [2.05, 4.69) is 11.1 Å². The minimum absolute atomic E-state index is 0.0292. The van der Waals surface area contributed by atoms with Crippen LogP contribution in [-0.4, -0.2) is 59.9 Å². The number of methoxy groups -OCH3 is 1. The highest BCUT2D eigenvalue weighted by Gasteiger charge is 2.47. The molecule has 31 heavy (non-hydrogen) atoms. The van der Waals surface area contributed by atoms with Crippen molar-refractivity contribution < 1.29 is 19.1 Å². The standard InChI is InChI=1S/C24H25N3O4/c1-4-31-19-10-9-14(11-20(19)30-3)23-22-16(15-7-5-6-8-17(15)25-22)12-18-24(29)26(2)13-21(28)27(18)23/h5-11,18,23,25H,4,12-13H2,1-3H3/t18-,23-/m0/s1. The molecule has 0 spiro atoms. The summed E-state index contributed by atoms with van der Waals surface area (Å²) < 4.78 is 11.2. The van der Waals surface area contributed by atoms with Crippen molar-refractivity contribution in [1.82, 2.24) is 14.8 Å². The first-order valence-corrected chi connectivity index (χ1v) is 10.5. The molecule has 1 aromatic heterocycles. The molecular formula is C24H25N3O4. The van der Waals surface area contributed by atoms with Gasteiger partial charge >= 0.3 is 0 Å². The summed E-state index contributed by atoms with van der Waals surface area (Å²) in [6, 6.07) is 12.9. The number of aromatic nitrogens is 1. The number of likely N-dealkylation sites (N-methyl/N-ethyl adjacent to an activating group) is 1. The van der Waals surface area contributed by atoms with Gasteiger partial charge in [-0.25, -0.2) is 0 Å². The number of ether oxygens (including phenoxy) is 2. The lowest BCUT2D eigenvalue weighted by molar-refractivity contribution is -0.157. The van der Waals surface area contributed by atoms with Gasteiger partial charge in [-0.1, -0.05) is 24.3 Å². The molecule has 2 amide bonds. The minimum Gasteiger partial charge on any atom is -0.493 e. The summed E-state index contributed by atoms with van der Waals surface area (Å²) >= 11 is 0. The van der Waals surface area contributed by atoms with Crippen molar-refractivity contribution in [3.05, 3.63) is 59.3 Å². The largest absolute Gasteiger partial charge is 0.493 e. The maximum absolute atomic E-state index is 13.2. The van der Waals surface area contributed by atoms with Crippen molar-refractivity contribution in [2.45, 2.75) is 25.4 Å². The zero-order valence-corrected chi connectivity index (χ0v) is 17.8. The zero-order chi connectivity index (χ0) is 21.7. The predicted octanol–water partition coefficient (Wildman–Crippen LogP) is 2.89. The smallest absolute Gasteiger partial charge is 0.245 e. The van der Waals surface area contributed by atoms with Crippen LogP contribution in [0, 0.1) is 0 Å². The number of rotatable bonds is 4. The zero-order valence-electron chi connectivity index (χ0n) is 17.8. The summed E-state index contributed by atoms with van der Waals surface area (Å²) in [5.41, 5.74) is 3.92. The van der Waals surface area contributed by atoms with E-state index in [1.54, 1.807) is 19.1 Å². The number of carbonyl (C=O) groups excluding carboxylic acids is 2. The molecule has 2 atom stereocenters. The number of para-hydroxylation sites is 1. The number of fused-ring (bicyclic) bond motifs is 4. The second-order valence-corrected chi connectivity index (χ2v) is 8.02. The van der Waals surface area contributed by atoms with Crippen molar-refractivity contribution in [3.63, 3.8) is 0 Å². The van der Waals surface area contributed by atoms with Crippen molar-refractivity contribution in [1.29, 1.82) is 0 Å². The highest BCUT2D eigenvalue weighted by Crippen LogP contribution is 2.44. The molecule has 160 valence electrons. The average molecular weight is 419 g/mol. The molecule has 5 rings (SSSR count). The first kappa shape index (κ1) is 19.5. The predicted molar refractivity (Wildman–Crippen MR) is 116 cm³/mol. The molecule has 0 saturated carbocycles. The van der Waals surface area contributed by atoms with E-state index in [0.29, 0.717) is 24.5 Å². The van der Waals surface area contributed by atoms with Crippen LogP contribution in [0.25, 0.3) is 10.9 Å². The number of aromatic amines is 1. The van der Waals surface area contributed by atoms with Gasteiger partial charge in [0.1, 0.15) is 6.04 Å². The van der Waals surface area contributed by atoms with Crippen molar-refractivity contribution in [2.75, 3.05) is 27.3 Å². The van der Waals surface area contributed by atoms with Crippen LogP contribution in [0.15, 0.2) is 42.5 Å². The minimum atomic E-state index is -0.527. The van der Waals surface area contributed by atoms with Crippen LogP contribution in [0.5, 0.6) is 11.5 Å². The summed E-state index contributed by atoms with van der Waals surface area (Å²) in [5, 5.41) is 1.09. The van der Waals surface area contributed by atoms with E-state index < -0.39 is 12.1 Å². The molecule has 0 unspecified atom stereocenters. The van der Waals surface area contributed by atoms with Gasteiger partial charge in [-0.05, 0) is 36.2 Å². The fraction of sp³-hybridized carbons (Fsp3) is 0.333. The highest BCUT2D eigenvalue weighted by molar-refractivity contribution is 5.97. The van der Waals surface area contributed by atoms with Gasteiger partial charge in [0.15, 0.2) is 11.5 Å². The van der Waals surface area contributed by atoms with Gasteiger partial charge in [0.05, 0.1) is 26.3 Å². The van der Waals surface area contributed by atoms with Crippen LogP contribution >= 0.6 is 0 Å². The second-order valence-electron chi connectivity index (χ2n) is 8.02. The Morgan fingerprint density at radius 1 is 1.13 bits per heavy atom. The van der Waals surface area contributed by atoms with Crippen molar-refractivity contribution >= 4 is 22.7 Å². The number of piperazine rings is 1. The van der Waals surface area contributed by atoms with E-state index in [1.165, 1.54) is 4.90 Å². The number of H-pyrrole nitrogens is 1. The Morgan fingerprint density at radius 3 is 2.71 bits per heavy atom. The number of hydrogen-bond acceptors (Lipinski definition) is 4. The third-order valence-corrected chi connectivity index (χ3v) is 6.26. The maximum Gasteiger partial charge on any atom is 0.245 e. The molecule has 2 aliphatic heterocycles. The average Bonchev–Trinajstić information content (AvgIpc) is 3.15. The van der Waals surface area contributed by atoms with Crippen LogP contribution in [-0.2, 0) is 16.0 Å². The topological polar surface area (TPSA) is 74.9 Å². The normalized spacial score (nSPS) is 20.6. The summed E-state index contributed by atoms with van der Waals surface area (Å²) in [5.74, 6) is 1.17. The van der Waals surface area contributed by atoms with Gasteiger partial charge in [-0.3, -0.25) is 9.59 Å². The Hall–Kier alpha value is -3.48. The fourth-order valence-electron chi connectivity index (χ4n) is 4.88. The number of nitrogens with one attached hydrogen (secondary N) is 1. The van der Waals surface area contributed by atoms with Gasteiger partial charge < -0.3 is 24.3 Å². The summed E-state index contributed by atoms with van der Waals surface area (Å²) in [4.78, 5) is 33.1. The molecule has 7 heteroatoms. The van der Waals surface area contributed by atoms with Crippen molar-refractivity contribution in [3.8, 4) is 11.5 Å². The Bertz CT molecular complexity index is 1180. The lowest BCUT2D eigenvalue weighted by Crippen LogP contribution is -2.62. The van der Waals surface area contributed by atoms with Crippen LogP contribution in [0.3, 0.4) is 0 Å². The maximum atomic E-state index is 13.2. The van der Waals surface area contributed by atoms with Crippen LogP contribution in [0.4, 0.5) is 0 Å². The molecule has 1 N–H and O–H groups in total. The molecule has 1 saturated heterocycles. The van der Waals surface area contributed by atoms with E-state index in [0.717, 1.165) is 27.7 Å². The quantitative estimate of drug-likeness (QED) is 0.706. The Balaban J connectivity index is 1.72. The molecular weight excluding hydrogens is 394 g/mol. The van der Waals surface area contributed by atoms with Gasteiger partial charge in [-0.2, -0.15) is 0 Å². The van der Waals surface area contributed by atoms with Gasteiger partial charge in [0, 0.05) is 30.1 Å². The number of nitrogens with zero attached hydrogens (tertiary/aromatic N) is 2. The third-order valence-electron chi connectivity index (χ3n) is 6.26. The van der Waals surface area contributed by atoms with E-state index in [-0.39, 0.29) is 18.4 Å². The monoisotopic (exact) mass is 419 g/mol. The SMILES string of the molecule is CCOc1ccc([C@H]2c3[nH]c4ccccc4c3C[C@H]3C(=O)N(C)CC(=O)N23)cc1OC. The van der Waals surface area contributed by atoms with Crippen LogP contribution in [0.1, 0.15) is 29.8 Å². The molecule has 3 heterocycles.